The number of hydrogen-bond acceptors (Lipinski definition) is 2. The van der Waals surface area contributed by atoms with Gasteiger partial charge in [-0.05, 0) is 24.1 Å². The van der Waals surface area contributed by atoms with Crippen LogP contribution in [0.5, 0.6) is 0 Å². The number of thioether (sulfide) groups is 1. The number of nitrogens with zero attached hydrogens (tertiary/aromatic N) is 1. The molecule has 2 rings (SSSR count). The second-order valence-corrected chi connectivity index (χ2v) is 7.08. The van der Waals surface area contributed by atoms with Crippen LogP contribution >= 0.6 is 43.6 Å². The van der Waals surface area contributed by atoms with E-state index in [1.165, 1.54) is 41.0 Å². The highest BCUT2D eigenvalue weighted by atomic mass is 79.9. The van der Waals surface area contributed by atoms with Crippen molar-refractivity contribution in [2.24, 2.45) is 0 Å². The summed E-state index contributed by atoms with van der Waals surface area (Å²) in [5, 5.41) is 1.69. The van der Waals surface area contributed by atoms with Gasteiger partial charge in [-0.2, -0.15) is 11.8 Å². The zero-order chi connectivity index (χ0) is 12.3. The van der Waals surface area contributed by atoms with Crippen molar-refractivity contribution in [3.63, 3.8) is 0 Å². The third-order valence-electron chi connectivity index (χ3n) is 3.14. The third kappa shape index (κ3) is 3.42. The Kier molecular flexibility index (Phi) is 5.25. The maximum atomic E-state index is 3.64. The van der Waals surface area contributed by atoms with E-state index in [0.717, 1.165) is 10.6 Å². The van der Waals surface area contributed by atoms with Crippen molar-refractivity contribution in [1.29, 1.82) is 0 Å². The molecule has 1 nitrogen and oxygen atoms in total. The lowest BCUT2D eigenvalue weighted by molar-refractivity contribution is 0.728. The fourth-order valence-corrected chi connectivity index (χ4v) is 4.59. The number of rotatable bonds is 3. The first-order valence-electron chi connectivity index (χ1n) is 5.95. The highest BCUT2D eigenvalue weighted by Crippen LogP contribution is 2.29. The lowest BCUT2D eigenvalue weighted by Gasteiger charge is -2.33. The Morgan fingerprint density at radius 2 is 2.29 bits per heavy atom. The standard InChI is InChI=1S/C13H17Br2NS/c1-2-12-9-16(5-6-17-12)11-4-3-10(8-14)13(15)7-11/h3-4,7,12H,2,5-6,8-9H2,1H3. The van der Waals surface area contributed by atoms with E-state index in [1.54, 1.807) is 0 Å². The van der Waals surface area contributed by atoms with Crippen LogP contribution in [0.4, 0.5) is 5.69 Å². The summed E-state index contributed by atoms with van der Waals surface area (Å²) < 4.78 is 1.21. The van der Waals surface area contributed by atoms with Gasteiger partial charge in [-0.1, -0.05) is 44.8 Å². The summed E-state index contributed by atoms with van der Waals surface area (Å²) >= 11 is 9.26. The van der Waals surface area contributed by atoms with E-state index >= 15 is 0 Å². The SMILES string of the molecule is CCC1CN(c2ccc(CBr)c(Br)c2)CCS1. The Balaban J connectivity index is 2.13. The molecule has 1 aromatic carbocycles. The lowest BCUT2D eigenvalue weighted by Crippen LogP contribution is -2.37. The topological polar surface area (TPSA) is 3.24 Å². The molecule has 1 heterocycles. The van der Waals surface area contributed by atoms with Gasteiger partial charge in [0, 0.05) is 39.6 Å². The van der Waals surface area contributed by atoms with Crippen molar-refractivity contribution in [1.82, 2.24) is 0 Å². The van der Waals surface area contributed by atoms with Gasteiger partial charge in [-0.15, -0.1) is 0 Å². The van der Waals surface area contributed by atoms with Crippen LogP contribution in [-0.2, 0) is 5.33 Å². The van der Waals surface area contributed by atoms with Gasteiger partial charge in [-0.3, -0.25) is 0 Å². The predicted octanol–water partition coefficient (Wildman–Crippen LogP) is 4.68. The fraction of sp³-hybridized carbons (Fsp3) is 0.538. The predicted molar refractivity (Wildman–Crippen MR) is 85.5 cm³/mol. The molecule has 0 N–H and O–H groups in total. The largest absolute Gasteiger partial charge is 0.370 e. The molecule has 1 unspecified atom stereocenters. The Morgan fingerprint density at radius 3 is 2.94 bits per heavy atom. The second-order valence-electron chi connectivity index (χ2n) is 4.26. The van der Waals surface area contributed by atoms with Gasteiger partial charge >= 0.3 is 0 Å². The van der Waals surface area contributed by atoms with Gasteiger partial charge in [0.05, 0.1) is 0 Å². The van der Waals surface area contributed by atoms with E-state index in [1.807, 2.05) is 0 Å². The van der Waals surface area contributed by atoms with Crippen LogP contribution in [0.25, 0.3) is 0 Å². The van der Waals surface area contributed by atoms with E-state index in [2.05, 4.69) is 73.6 Å². The molecule has 1 aliphatic rings. The minimum absolute atomic E-state index is 0.790. The summed E-state index contributed by atoms with van der Waals surface area (Å²) in [6, 6.07) is 6.69. The van der Waals surface area contributed by atoms with Crippen molar-refractivity contribution >= 4 is 49.3 Å². The first-order valence-corrected chi connectivity index (χ1v) is 8.92. The lowest BCUT2D eigenvalue weighted by atomic mass is 10.2. The maximum absolute atomic E-state index is 3.64. The van der Waals surface area contributed by atoms with Crippen molar-refractivity contribution in [2.75, 3.05) is 23.7 Å². The summed E-state index contributed by atoms with van der Waals surface area (Å²) in [4.78, 5) is 2.51. The van der Waals surface area contributed by atoms with Crippen LogP contribution in [0, 0.1) is 0 Å². The van der Waals surface area contributed by atoms with Gasteiger partial charge in [0.2, 0.25) is 0 Å². The van der Waals surface area contributed by atoms with Crippen molar-refractivity contribution in [3.8, 4) is 0 Å². The van der Waals surface area contributed by atoms with Gasteiger partial charge in [0.15, 0.2) is 0 Å². The number of alkyl halides is 1. The molecule has 0 radical (unpaired) electrons. The van der Waals surface area contributed by atoms with Crippen LogP contribution in [0.3, 0.4) is 0 Å². The number of halogens is 2. The van der Waals surface area contributed by atoms with Crippen LogP contribution in [0.1, 0.15) is 18.9 Å². The van der Waals surface area contributed by atoms with Crippen molar-refractivity contribution in [3.05, 3.63) is 28.2 Å². The summed E-state index contributed by atoms with van der Waals surface area (Å²) in [6.07, 6.45) is 1.27. The summed E-state index contributed by atoms with van der Waals surface area (Å²) in [5.41, 5.74) is 2.66. The Hall–Kier alpha value is 0.330. The first-order chi connectivity index (χ1) is 8.24. The molecule has 17 heavy (non-hydrogen) atoms. The molecular weight excluding hydrogens is 362 g/mol. The summed E-state index contributed by atoms with van der Waals surface area (Å²) in [7, 11) is 0. The molecule has 1 saturated heterocycles. The van der Waals surface area contributed by atoms with E-state index in [9.17, 15) is 0 Å². The van der Waals surface area contributed by atoms with Gasteiger partial charge < -0.3 is 4.90 Å². The number of hydrogen-bond donors (Lipinski definition) is 0. The smallest absolute Gasteiger partial charge is 0.0378 e. The normalized spacial score (nSPS) is 20.6. The molecule has 0 aliphatic carbocycles. The van der Waals surface area contributed by atoms with Crippen molar-refractivity contribution in [2.45, 2.75) is 23.9 Å². The minimum Gasteiger partial charge on any atom is -0.370 e. The molecule has 1 aliphatic heterocycles. The molecule has 0 saturated carbocycles. The second kappa shape index (κ2) is 6.48. The van der Waals surface area contributed by atoms with Gasteiger partial charge in [0.25, 0.3) is 0 Å². The maximum Gasteiger partial charge on any atom is 0.0378 e. The molecule has 4 heteroatoms. The fourth-order valence-electron chi connectivity index (χ4n) is 2.04. The Bertz CT molecular complexity index is 384. The highest BCUT2D eigenvalue weighted by molar-refractivity contribution is 9.10. The van der Waals surface area contributed by atoms with E-state index in [0.29, 0.717) is 0 Å². The van der Waals surface area contributed by atoms with Crippen LogP contribution in [-0.4, -0.2) is 24.1 Å². The monoisotopic (exact) mass is 377 g/mol. The van der Waals surface area contributed by atoms with E-state index in [4.69, 9.17) is 0 Å². The first kappa shape index (κ1) is 13.8. The minimum atomic E-state index is 0.790. The Morgan fingerprint density at radius 1 is 1.47 bits per heavy atom. The number of benzene rings is 1. The molecule has 0 amide bonds. The summed E-state index contributed by atoms with van der Waals surface area (Å²) in [6.45, 7) is 4.63. The van der Waals surface area contributed by atoms with Crippen LogP contribution < -0.4 is 4.90 Å². The van der Waals surface area contributed by atoms with Crippen molar-refractivity contribution < 1.29 is 0 Å². The molecular formula is C13H17Br2NS. The average Bonchev–Trinajstić information content (AvgIpc) is 2.38. The molecule has 0 bridgehead atoms. The van der Waals surface area contributed by atoms with E-state index < -0.39 is 0 Å². The highest BCUT2D eigenvalue weighted by Gasteiger charge is 2.19. The van der Waals surface area contributed by atoms with Gasteiger partial charge in [0.1, 0.15) is 0 Å². The number of anilines is 1. The molecule has 1 fully saturated rings. The molecule has 94 valence electrons. The quantitative estimate of drug-likeness (QED) is 0.702. The summed E-state index contributed by atoms with van der Waals surface area (Å²) in [5.74, 6) is 1.25. The zero-order valence-corrected chi connectivity index (χ0v) is 13.9. The Labute approximate surface area is 125 Å². The molecule has 0 spiro atoms. The zero-order valence-electron chi connectivity index (χ0n) is 9.96. The third-order valence-corrected chi connectivity index (χ3v) is 5.85. The van der Waals surface area contributed by atoms with E-state index in [-0.39, 0.29) is 0 Å². The van der Waals surface area contributed by atoms with Gasteiger partial charge in [-0.25, -0.2) is 0 Å². The molecule has 1 atom stereocenters. The molecule has 1 aromatic rings. The average molecular weight is 379 g/mol. The van der Waals surface area contributed by atoms with Crippen LogP contribution in [0.15, 0.2) is 22.7 Å². The van der Waals surface area contributed by atoms with Crippen LogP contribution in [0.2, 0.25) is 0 Å². The molecule has 0 aromatic heterocycles.